The molecule has 1 aromatic carbocycles. The highest BCUT2D eigenvalue weighted by Crippen LogP contribution is 2.27. The van der Waals surface area contributed by atoms with E-state index in [1.165, 1.54) is 0 Å². The fourth-order valence-electron chi connectivity index (χ4n) is 2.56. The van der Waals surface area contributed by atoms with Crippen LogP contribution in [0.2, 0.25) is 0 Å². The minimum Gasteiger partial charge on any atom is -0.495 e. The Kier molecular flexibility index (Phi) is 7.45. The fourth-order valence-corrected chi connectivity index (χ4v) is 4.67. The second kappa shape index (κ2) is 9.82. The van der Waals surface area contributed by atoms with Crippen LogP contribution < -0.4 is 20.0 Å². The molecule has 0 aliphatic carbocycles. The smallest absolute Gasteiger partial charge is 0.250 e. The number of hydrogen-bond acceptors (Lipinski definition) is 9. The van der Waals surface area contributed by atoms with Gasteiger partial charge in [0.15, 0.2) is 0 Å². The SMILES string of the molecule is COc1c(I)cc(I)cc1C=NNc1nc(N(C)C)nc(N2CCOCC2)n1. The van der Waals surface area contributed by atoms with Crippen LogP contribution in [-0.2, 0) is 4.74 Å². The largest absolute Gasteiger partial charge is 0.495 e. The lowest BCUT2D eigenvalue weighted by atomic mass is 10.2. The Morgan fingerprint density at radius 1 is 1.21 bits per heavy atom. The highest BCUT2D eigenvalue weighted by atomic mass is 127. The first-order valence-corrected chi connectivity index (χ1v) is 10.7. The van der Waals surface area contributed by atoms with Crippen LogP contribution >= 0.6 is 45.2 Å². The van der Waals surface area contributed by atoms with Gasteiger partial charge in [-0.05, 0) is 57.3 Å². The summed E-state index contributed by atoms with van der Waals surface area (Å²) >= 11 is 4.52. The van der Waals surface area contributed by atoms with Gasteiger partial charge in [0.1, 0.15) is 5.75 Å². The average molecular weight is 609 g/mol. The first kappa shape index (κ1) is 21.2. The van der Waals surface area contributed by atoms with E-state index in [2.05, 4.69) is 81.6 Å². The fraction of sp³-hybridized carbons (Fsp3) is 0.412. The van der Waals surface area contributed by atoms with E-state index in [-0.39, 0.29) is 0 Å². The summed E-state index contributed by atoms with van der Waals surface area (Å²) < 4.78 is 13.0. The van der Waals surface area contributed by atoms with Crippen molar-refractivity contribution in [3.63, 3.8) is 0 Å². The maximum absolute atomic E-state index is 5.49. The Hall–Kier alpha value is -1.48. The molecule has 9 nitrogen and oxygen atoms in total. The summed E-state index contributed by atoms with van der Waals surface area (Å²) in [5.74, 6) is 2.35. The third-order valence-corrected chi connectivity index (χ3v) is 5.34. The predicted octanol–water partition coefficient (Wildman–Crippen LogP) is 2.44. The molecule has 1 fully saturated rings. The number of hydrazone groups is 1. The number of benzene rings is 1. The van der Waals surface area contributed by atoms with Gasteiger partial charge in [0, 0.05) is 36.3 Å². The molecular weight excluding hydrogens is 588 g/mol. The normalized spacial score (nSPS) is 14.4. The lowest BCUT2D eigenvalue weighted by molar-refractivity contribution is 0.122. The second-order valence-electron chi connectivity index (χ2n) is 6.13. The molecule has 0 unspecified atom stereocenters. The van der Waals surface area contributed by atoms with Gasteiger partial charge in [-0.25, -0.2) is 5.43 Å². The molecule has 0 spiro atoms. The number of halogens is 2. The number of hydrogen-bond donors (Lipinski definition) is 1. The first-order chi connectivity index (χ1) is 13.5. The molecule has 2 aromatic rings. The number of anilines is 3. The van der Waals surface area contributed by atoms with Crippen molar-refractivity contribution >= 4 is 69.2 Å². The van der Waals surface area contributed by atoms with Crippen molar-refractivity contribution in [1.29, 1.82) is 0 Å². The summed E-state index contributed by atoms with van der Waals surface area (Å²) in [7, 11) is 5.44. The number of ether oxygens (including phenoxy) is 2. The van der Waals surface area contributed by atoms with E-state index in [9.17, 15) is 0 Å². The number of nitrogens with one attached hydrogen (secondary N) is 1. The molecule has 1 aliphatic heterocycles. The molecule has 3 rings (SSSR count). The lowest BCUT2D eigenvalue weighted by Gasteiger charge is -2.27. The van der Waals surface area contributed by atoms with Gasteiger partial charge in [-0.3, -0.25) is 0 Å². The second-order valence-corrected chi connectivity index (χ2v) is 8.54. The van der Waals surface area contributed by atoms with Gasteiger partial charge in [-0.2, -0.15) is 20.1 Å². The maximum Gasteiger partial charge on any atom is 0.250 e. The van der Waals surface area contributed by atoms with Gasteiger partial charge in [-0.15, -0.1) is 0 Å². The zero-order valence-corrected chi connectivity index (χ0v) is 20.1. The van der Waals surface area contributed by atoms with Crippen LogP contribution in [0.25, 0.3) is 0 Å². The van der Waals surface area contributed by atoms with E-state index in [0.717, 1.165) is 31.5 Å². The van der Waals surface area contributed by atoms with Gasteiger partial charge in [0.25, 0.3) is 0 Å². The number of aromatic nitrogens is 3. The van der Waals surface area contributed by atoms with Gasteiger partial charge >= 0.3 is 0 Å². The summed E-state index contributed by atoms with van der Waals surface area (Å²) in [4.78, 5) is 17.4. The molecule has 28 heavy (non-hydrogen) atoms. The average Bonchev–Trinajstić information content (AvgIpc) is 2.68. The topological polar surface area (TPSA) is 88.0 Å². The Bertz CT molecular complexity index is 858. The molecule has 11 heteroatoms. The van der Waals surface area contributed by atoms with Gasteiger partial charge in [0.05, 0.1) is 30.1 Å². The van der Waals surface area contributed by atoms with Gasteiger partial charge < -0.3 is 19.3 Å². The molecule has 0 saturated carbocycles. The minimum absolute atomic E-state index is 0.385. The van der Waals surface area contributed by atoms with Crippen molar-refractivity contribution in [2.45, 2.75) is 0 Å². The van der Waals surface area contributed by atoms with E-state index in [1.807, 2.05) is 25.1 Å². The van der Waals surface area contributed by atoms with Crippen molar-refractivity contribution in [3.8, 4) is 5.75 Å². The summed E-state index contributed by atoms with van der Waals surface area (Å²) in [6.07, 6.45) is 1.71. The molecule has 150 valence electrons. The molecule has 0 radical (unpaired) electrons. The summed E-state index contributed by atoms with van der Waals surface area (Å²) in [5.41, 5.74) is 3.80. The monoisotopic (exact) mass is 609 g/mol. The molecule has 0 amide bonds. The first-order valence-electron chi connectivity index (χ1n) is 8.56. The number of methoxy groups -OCH3 is 1. The summed E-state index contributed by atoms with van der Waals surface area (Å²) in [5, 5.41) is 4.31. The van der Waals surface area contributed by atoms with Crippen molar-refractivity contribution in [1.82, 2.24) is 15.0 Å². The predicted molar refractivity (Wildman–Crippen MR) is 127 cm³/mol. The molecular formula is C17H21I2N7O2. The maximum atomic E-state index is 5.49. The third-order valence-electron chi connectivity index (χ3n) is 3.92. The van der Waals surface area contributed by atoms with Gasteiger partial charge in [-0.1, -0.05) is 0 Å². The zero-order valence-electron chi connectivity index (χ0n) is 15.8. The summed E-state index contributed by atoms with van der Waals surface area (Å²) in [6, 6.07) is 4.05. The Morgan fingerprint density at radius 2 is 1.96 bits per heavy atom. The summed E-state index contributed by atoms with van der Waals surface area (Å²) in [6.45, 7) is 2.82. The molecule has 1 aromatic heterocycles. The molecule has 1 aliphatic rings. The quantitative estimate of drug-likeness (QED) is 0.304. The number of morpholine rings is 1. The van der Waals surface area contributed by atoms with Crippen LogP contribution in [-0.4, -0.2) is 68.7 Å². The van der Waals surface area contributed by atoms with Crippen LogP contribution in [0, 0.1) is 7.14 Å². The molecule has 2 heterocycles. The van der Waals surface area contributed by atoms with E-state index >= 15 is 0 Å². The lowest BCUT2D eigenvalue weighted by Crippen LogP contribution is -2.37. The highest BCUT2D eigenvalue weighted by molar-refractivity contribution is 14.1. The standard InChI is InChI=1S/C17H21I2N7O2/c1-25(2)16-21-15(22-17(23-16)26-4-6-28-7-5-26)24-20-10-11-8-12(18)9-13(19)14(11)27-3/h8-10H,4-7H2,1-3H3,(H,21,22,23,24). The van der Waals surface area contributed by atoms with E-state index in [4.69, 9.17) is 9.47 Å². The Balaban J connectivity index is 1.84. The van der Waals surface area contributed by atoms with Crippen molar-refractivity contribution in [3.05, 3.63) is 24.8 Å². The minimum atomic E-state index is 0.385. The van der Waals surface area contributed by atoms with E-state index in [1.54, 1.807) is 13.3 Å². The molecule has 0 atom stereocenters. The van der Waals surface area contributed by atoms with E-state index in [0.29, 0.717) is 31.1 Å². The van der Waals surface area contributed by atoms with Gasteiger partial charge in [0.2, 0.25) is 17.8 Å². The van der Waals surface area contributed by atoms with Crippen molar-refractivity contribution in [2.75, 3.05) is 62.7 Å². The zero-order chi connectivity index (χ0) is 20.1. The molecule has 0 bridgehead atoms. The van der Waals surface area contributed by atoms with Crippen LogP contribution in [0.15, 0.2) is 17.2 Å². The molecule has 1 N–H and O–H groups in total. The van der Waals surface area contributed by atoms with Crippen molar-refractivity contribution in [2.24, 2.45) is 5.10 Å². The van der Waals surface area contributed by atoms with Crippen LogP contribution in [0.3, 0.4) is 0 Å². The number of nitrogens with zero attached hydrogens (tertiary/aromatic N) is 6. The Labute approximate surface area is 191 Å². The third kappa shape index (κ3) is 5.31. The van der Waals surface area contributed by atoms with Crippen LogP contribution in [0.1, 0.15) is 5.56 Å². The number of rotatable bonds is 6. The van der Waals surface area contributed by atoms with Crippen LogP contribution in [0.5, 0.6) is 5.75 Å². The van der Waals surface area contributed by atoms with Crippen molar-refractivity contribution < 1.29 is 9.47 Å². The van der Waals surface area contributed by atoms with Crippen LogP contribution in [0.4, 0.5) is 17.8 Å². The Morgan fingerprint density at radius 3 is 2.64 bits per heavy atom. The molecule has 1 saturated heterocycles. The van der Waals surface area contributed by atoms with E-state index < -0.39 is 0 Å². The highest BCUT2D eigenvalue weighted by Gasteiger charge is 2.17.